The number of benzene rings is 2. The molecule has 2 aromatic rings. The predicted octanol–water partition coefficient (Wildman–Crippen LogP) is 2.62. The van der Waals surface area contributed by atoms with E-state index >= 15 is 0 Å². The number of nitro groups is 2. The molecule has 0 aliphatic heterocycles. The van der Waals surface area contributed by atoms with E-state index in [1.807, 2.05) is 31.2 Å². The summed E-state index contributed by atoms with van der Waals surface area (Å²) in [5.74, 6) is -0.779. The molecule has 1 amide bonds. The maximum absolute atomic E-state index is 12.2. The zero-order valence-corrected chi connectivity index (χ0v) is 14.4. The van der Waals surface area contributed by atoms with Crippen molar-refractivity contribution in [3.05, 3.63) is 79.4 Å². The lowest BCUT2D eigenvalue weighted by molar-refractivity contribution is -0.394. The molecular formula is C16H14N4O5S. The van der Waals surface area contributed by atoms with E-state index in [-0.39, 0.29) is 10.7 Å². The van der Waals surface area contributed by atoms with Gasteiger partial charge in [-0.25, -0.2) is 0 Å². The zero-order chi connectivity index (χ0) is 19.3. The smallest absolute Gasteiger partial charge is 0.277 e. The molecule has 0 saturated heterocycles. The lowest BCUT2D eigenvalue weighted by Gasteiger charge is -2.10. The van der Waals surface area contributed by atoms with Crippen LogP contribution in [0.15, 0.2) is 42.5 Å². The van der Waals surface area contributed by atoms with Gasteiger partial charge in [0.1, 0.15) is 0 Å². The molecule has 0 aromatic heterocycles. The molecule has 2 rings (SSSR count). The molecule has 9 nitrogen and oxygen atoms in total. The molecule has 0 radical (unpaired) electrons. The van der Waals surface area contributed by atoms with E-state index in [1.165, 1.54) is 0 Å². The van der Waals surface area contributed by atoms with Gasteiger partial charge in [0, 0.05) is 18.7 Å². The minimum atomic E-state index is -0.808. The molecule has 10 heteroatoms. The number of nitro benzene ring substituents is 2. The van der Waals surface area contributed by atoms with Crippen LogP contribution in [0.5, 0.6) is 0 Å². The third-order valence-corrected chi connectivity index (χ3v) is 3.63. The number of hydrogen-bond donors (Lipinski definition) is 2. The summed E-state index contributed by atoms with van der Waals surface area (Å²) in [4.78, 5) is 32.3. The Bertz CT molecular complexity index is 850. The molecule has 0 aliphatic rings. The van der Waals surface area contributed by atoms with Crippen molar-refractivity contribution in [2.75, 3.05) is 0 Å². The molecule has 0 atom stereocenters. The first-order valence-electron chi connectivity index (χ1n) is 7.35. The predicted molar refractivity (Wildman–Crippen MR) is 97.8 cm³/mol. The molecule has 0 saturated carbocycles. The number of carbonyl (C=O) groups is 1. The van der Waals surface area contributed by atoms with Crippen LogP contribution in [0.4, 0.5) is 11.4 Å². The van der Waals surface area contributed by atoms with Gasteiger partial charge in [0.2, 0.25) is 0 Å². The number of non-ortho nitro benzene ring substituents is 2. The van der Waals surface area contributed by atoms with E-state index in [2.05, 4.69) is 10.6 Å². The van der Waals surface area contributed by atoms with Crippen molar-refractivity contribution in [2.45, 2.75) is 13.5 Å². The largest absolute Gasteiger partial charge is 0.358 e. The average molecular weight is 374 g/mol. The maximum atomic E-state index is 12.2. The van der Waals surface area contributed by atoms with Crippen LogP contribution in [-0.4, -0.2) is 20.9 Å². The monoisotopic (exact) mass is 374 g/mol. The molecule has 0 aliphatic carbocycles. The number of nitrogens with zero attached hydrogens (tertiary/aromatic N) is 2. The van der Waals surface area contributed by atoms with Crippen molar-refractivity contribution < 1.29 is 14.6 Å². The van der Waals surface area contributed by atoms with E-state index in [0.717, 1.165) is 29.3 Å². The van der Waals surface area contributed by atoms with Crippen molar-refractivity contribution in [3.63, 3.8) is 0 Å². The number of hydrogen-bond acceptors (Lipinski definition) is 6. The number of carbonyl (C=O) groups excluding carboxylic acids is 1. The summed E-state index contributed by atoms with van der Waals surface area (Å²) >= 11 is 5.01. The fraction of sp³-hybridized carbons (Fsp3) is 0.125. The summed E-state index contributed by atoms with van der Waals surface area (Å²) in [6, 6.07) is 10.3. The molecule has 134 valence electrons. The Morgan fingerprint density at radius 2 is 1.58 bits per heavy atom. The SMILES string of the molecule is Cc1ccc(CNC(=S)NC(=O)c2cc([N+](=O)[O-])cc([N+](=O)[O-])c2)cc1. The van der Waals surface area contributed by atoms with Gasteiger partial charge in [0.25, 0.3) is 17.3 Å². The van der Waals surface area contributed by atoms with E-state index in [9.17, 15) is 25.0 Å². The summed E-state index contributed by atoms with van der Waals surface area (Å²) in [5.41, 5.74) is 0.714. The Hall–Kier alpha value is -3.40. The molecule has 0 bridgehead atoms. The van der Waals surface area contributed by atoms with Gasteiger partial charge < -0.3 is 5.32 Å². The number of rotatable bonds is 5. The van der Waals surface area contributed by atoms with E-state index in [1.54, 1.807) is 0 Å². The van der Waals surface area contributed by atoms with Crippen LogP contribution in [0.25, 0.3) is 0 Å². The van der Waals surface area contributed by atoms with Gasteiger partial charge in [-0.15, -0.1) is 0 Å². The van der Waals surface area contributed by atoms with Gasteiger partial charge in [-0.1, -0.05) is 29.8 Å². The first-order chi connectivity index (χ1) is 12.3. The molecule has 0 fully saturated rings. The summed E-state index contributed by atoms with van der Waals surface area (Å²) in [7, 11) is 0. The standard InChI is InChI=1S/C16H14N4O5S/c1-10-2-4-11(5-3-10)9-17-16(26)18-15(21)12-6-13(19(22)23)8-14(7-12)20(24)25/h2-8H,9H2,1H3,(H2,17,18,21,26). The highest BCUT2D eigenvalue weighted by Crippen LogP contribution is 2.22. The van der Waals surface area contributed by atoms with Crippen LogP contribution in [0, 0.1) is 27.2 Å². The fourth-order valence-electron chi connectivity index (χ4n) is 2.04. The second-order valence-corrected chi connectivity index (χ2v) is 5.78. The second-order valence-electron chi connectivity index (χ2n) is 5.37. The topological polar surface area (TPSA) is 127 Å². The lowest BCUT2D eigenvalue weighted by Crippen LogP contribution is -2.38. The van der Waals surface area contributed by atoms with Crippen molar-refractivity contribution >= 4 is 34.6 Å². The molecule has 2 aromatic carbocycles. The minimum Gasteiger partial charge on any atom is -0.358 e. The second kappa shape index (κ2) is 8.12. The van der Waals surface area contributed by atoms with Crippen molar-refractivity contribution in [2.24, 2.45) is 0 Å². The maximum Gasteiger partial charge on any atom is 0.277 e. The van der Waals surface area contributed by atoms with E-state index in [0.29, 0.717) is 6.54 Å². The quantitative estimate of drug-likeness (QED) is 0.468. The Balaban J connectivity index is 2.06. The highest BCUT2D eigenvalue weighted by atomic mass is 32.1. The van der Waals surface area contributed by atoms with E-state index in [4.69, 9.17) is 12.2 Å². The highest BCUT2D eigenvalue weighted by molar-refractivity contribution is 7.80. The Kier molecular flexibility index (Phi) is 5.91. The van der Waals surface area contributed by atoms with Crippen LogP contribution in [0.1, 0.15) is 21.5 Å². The summed E-state index contributed by atoms with van der Waals surface area (Å²) in [6.07, 6.45) is 0. The van der Waals surface area contributed by atoms with Crippen molar-refractivity contribution in [1.82, 2.24) is 10.6 Å². The van der Waals surface area contributed by atoms with Gasteiger partial charge in [-0.3, -0.25) is 30.3 Å². The molecule has 26 heavy (non-hydrogen) atoms. The minimum absolute atomic E-state index is 0.00438. The fourth-order valence-corrected chi connectivity index (χ4v) is 2.21. The lowest BCUT2D eigenvalue weighted by atomic mass is 10.1. The van der Waals surface area contributed by atoms with Gasteiger partial charge in [-0.05, 0) is 24.7 Å². The van der Waals surface area contributed by atoms with Crippen LogP contribution in [0.2, 0.25) is 0 Å². The Morgan fingerprint density at radius 3 is 2.08 bits per heavy atom. The highest BCUT2D eigenvalue weighted by Gasteiger charge is 2.20. The molecule has 0 spiro atoms. The molecule has 0 heterocycles. The number of amides is 1. The number of thiocarbonyl (C=S) groups is 1. The van der Waals surface area contributed by atoms with Crippen LogP contribution < -0.4 is 10.6 Å². The summed E-state index contributed by atoms with van der Waals surface area (Å²) in [6.45, 7) is 2.33. The number of nitrogens with one attached hydrogen (secondary N) is 2. The molecule has 0 unspecified atom stereocenters. The van der Waals surface area contributed by atoms with Crippen molar-refractivity contribution in [1.29, 1.82) is 0 Å². The van der Waals surface area contributed by atoms with E-state index < -0.39 is 27.1 Å². The van der Waals surface area contributed by atoms with Gasteiger partial charge in [0.15, 0.2) is 5.11 Å². The third-order valence-electron chi connectivity index (χ3n) is 3.39. The first-order valence-corrected chi connectivity index (χ1v) is 7.75. The van der Waals surface area contributed by atoms with Crippen LogP contribution in [-0.2, 0) is 6.54 Å². The van der Waals surface area contributed by atoms with Gasteiger partial charge >= 0.3 is 0 Å². The van der Waals surface area contributed by atoms with Crippen LogP contribution >= 0.6 is 12.2 Å². The number of aryl methyl sites for hydroxylation is 1. The van der Waals surface area contributed by atoms with Gasteiger partial charge in [0.05, 0.1) is 21.5 Å². The molecule has 2 N–H and O–H groups in total. The zero-order valence-electron chi connectivity index (χ0n) is 13.6. The normalized spacial score (nSPS) is 10.0. The Labute approximate surface area is 153 Å². The Morgan fingerprint density at radius 1 is 1.04 bits per heavy atom. The van der Waals surface area contributed by atoms with Crippen molar-refractivity contribution in [3.8, 4) is 0 Å². The summed E-state index contributed by atoms with van der Waals surface area (Å²) in [5, 5.41) is 26.9. The van der Waals surface area contributed by atoms with Crippen LogP contribution in [0.3, 0.4) is 0 Å². The van der Waals surface area contributed by atoms with Gasteiger partial charge in [-0.2, -0.15) is 0 Å². The third kappa shape index (κ3) is 5.05. The summed E-state index contributed by atoms with van der Waals surface area (Å²) < 4.78 is 0. The molecular weight excluding hydrogens is 360 g/mol. The average Bonchev–Trinajstić information content (AvgIpc) is 2.60. The first kappa shape index (κ1) is 18.9.